The number of aromatic nitrogens is 1. The third-order valence-corrected chi connectivity index (χ3v) is 7.50. The summed E-state index contributed by atoms with van der Waals surface area (Å²) in [6.45, 7) is 1.76. The Morgan fingerprint density at radius 1 is 0.857 bits per heavy atom. The van der Waals surface area contributed by atoms with Crippen LogP contribution in [0, 0.1) is 6.92 Å². The maximum atomic E-state index is 12.6. The van der Waals surface area contributed by atoms with Gasteiger partial charge in [0, 0.05) is 0 Å². The molecule has 10 nitrogen and oxygen atoms in total. The number of fused-ring (bicyclic) bond motifs is 1. The van der Waals surface area contributed by atoms with Crippen molar-refractivity contribution in [2.75, 3.05) is 4.72 Å². The molecule has 2 aromatic carbocycles. The summed E-state index contributed by atoms with van der Waals surface area (Å²) in [5, 5.41) is 0.733. The molecule has 0 atom stereocenters. The SMILES string of the molecule is Cc1nc2cc(S(=O)(=O)Nc3cc(S(=O)(=O)O)cc(S(=O)(=O)O)c3)ccc2s1. The number of thiazole rings is 1. The van der Waals surface area contributed by atoms with Crippen molar-refractivity contribution in [3.8, 4) is 0 Å². The largest absolute Gasteiger partial charge is 0.294 e. The Hall–Kier alpha value is -2.10. The Bertz CT molecular complexity index is 1360. The highest BCUT2D eigenvalue weighted by atomic mass is 32.2. The average Bonchev–Trinajstić information content (AvgIpc) is 2.91. The zero-order valence-corrected chi connectivity index (χ0v) is 17.2. The van der Waals surface area contributed by atoms with Crippen molar-refractivity contribution in [1.29, 1.82) is 0 Å². The van der Waals surface area contributed by atoms with Crippen LogP contribution in [-0.2, 0) is 30.3 Å². The molecule has 0 fully saturated rings. The van der Waals surface area contributed by atoms with E-state index in [4.69, 9.17) is 9.11 Å². The summed E-state index contributed by atoms with van der Waals surface area (Å²) in [5.74, 6) is 0. The third kappa shape index (κ3) is 4.31. The molecule has 0 saturated heterocycles. The lowest BCUT2D eigenvalue weighted by atomic mass is 10.3. The van der Waals surface area contributed by atoms with E-state index in [0.717, 1.165) is 9.71 Å². The minimum atomic E-state index is -4.87. The van der Waals surface area contributed by atoms with Crippen molar-refractivity contribution < 1.29 is 34.4 Å². The highest BCUT2D eigenvalue weighted by Gasteiger charge is 2.21. The van der Waals surface area contributed by atoms with Gasteiger partial charge in [0.2, 0.25) is 0 Å². The predicted molar refractivity (Wildman–Crippen MR) is 101 cm³/mol. The summed E-state index contributed by atoms with van der Waals surface area (Å²) in [6.07, 6.45) is 0. The molecule has 0 unspecified atom stereocenters. The van der Waals surface area contributed by atoms with E-state index in [9.17, 15) is 25.3 Å². The Balaban J connectivity index is 2.10. The average molecular weight is 465 g/mol. The van der Waals surface area contributed by atoms with Crippen LogP contribution in [0.2, 0.25) is 0 Å². The van der Waals surface area contributed by atoms with Gasteiger partial charge < -0.3 is 0 Å². The van der Waals surface area contributed by atoms with Gasteiger partial charge in [-0.05, 0) is 43.3 Å². The van der Waals surface area contributed by atoms with E-state index in [1.54, 1.807) is 13.0 Å². The molecule has 150 valence electrons. The molecule has 1 aromatic heterocycles. The van der Waals surface area contributed by atoms with Crippen LogP contribution >= 0.6 is 11.3 Å². The van der Waals surface area contributed by atoms with Crippen LogP contribution in [0.1, 0.15) is 5.01 Å². The lowest BCUT2D eigenvalue weighted by molar-refractivity contribution is 0.481. The van der Waals surface area contributed by atoms with Crippen LogP contribution in [0.25, 0.3) is 10.2 Å². The van der Waals surface area contributed by atoms with E-state index >= 15 is 0 Å². The second-order valence-electron chi connectivity index (χ2n) is 5.61. The normalized spacial score (nSPS) is 13.0. The molecule has 0 saturated carbocycles. The minimum Gasteiger partial charge on any atom is -0.282 e. The quantitative estimate of drug-likeness (QED) is 0.477. The minimum absolute atomic E-state index is 0.198. The van der Waals surface area contributed by atoms with Gasteiger partial charge in [-0.3, -0.25) is 13.8 Å². The number of anilines is 1. The van der Waals surface area contributed by atoms with E-state index in [0.29, 0.717) is 23.7 Å². The van der Waals surface area contributed by atoms with E-state index in [-0.39, 0.29) is 4.90 Å². The molecule has 0 spiro atoms. The monoisotopic (exact) mass is 464 g/mol. The van der Waals surface area contributed by atoms with Crippen molar-refractivity contribution in [2.45, 2.75) is 21.6 Å². The molecule has 1 heterocycles. The summed E-state index contributed by atoms with van der Waals surface area (Å²) in [4.78, 5) is 2.17. The Kier molecular flexibility index (Phi) is 4.97. The molecule has 0 bridgehead atoms. The highest BCUT2D eigenvalue weighted by molar-refractivity contribution is 7.92. The zero-order chi connectivity index (χ0) is 20.9. The van der Waals surface area contributed by atoms with E-state index in [2.05, 4.69) is 4.98 Å². The molecule has 0 amide bonds. The first-order valence-corrected chi connectivity index (χ1v) is 12.4. The van der Waals surface area contributed by atoms with Gasteiger partial charge in [-0.25, -0.2) is 13.4 Å². The van der Waals surface area contributed by atoms with Crippen molar-refractivity contribution in [2.24, 2.45) is 0 Å². The Labute approximate surface area is 164 Å². The van der Waals surface area contributed by atoms with E-state index in [1.807, 2.05) is 4.72 Å². The molecule has 3 N–H and O–H groups in total. The Morgan fingerprint density at radius 2 is 1.43 bits per heavy atom. The lowest BCUT2D eigenvalue weighted by Crippen LogP contribution is -2.14. The van der Waals surface area contributed by atoms with Gasteiger partial charge >= 0.3 is 0 Å². The van der Waals surface area contributed by atoms with Crippen LogP contribution in [0.15, 0.2) is 51.1 Å². The lowest BCUT2D eigenvalue weighted by Gasteiger charge is -2.10. The summed E-state index contributed by atoms with van der Waals surface area (Å²) < 4.78 is 91.7. The van der Waals surface area contributed by atoms with Crippen LogP contribution in [-0.4, -0.2) is 39.3 Å². The third-order valence-electron chi connectivity index (χ3n) is 3.50. The standard InChI is InChI=1S/C14H12N2O8S4/c1-8-15-13-7-10(2-3-14(13)25-8)26(17,18)16-9-4-11(27(19,20)21)6-12(5-9)28(22,23)24/h2-7,16H,1H3,(H,19,20,21)(H,22,23,24). The second-order valence-corrected chi connectivity index (χ2v) is 11.4. The zero-order valence-electron chi connectivity index (χ0n) is 13.9. The number of benzene rings is 2. The smallest absolute Gasteiger partial charge is 0.282 e. The molecule has 0 aliphatic heterocycles. The summed E-state index contributed by atoms with van der Waals surface area (Å²) >= 11 is 1.37. The second kappa shape index (κ2) is 6.75. The molecule has 14 heteroatoms. The number of hydrogen-bond donors (Lipinski definition) is 3. The molecule has 0 aliphatic carbocycles. The first-order valence-electron chi connectivity index (χ1n) is 7.26. The van der Waals surface area contributed by atoms with Gasteiger partial charge in [-0.1, -0.05) is 0 Å². The Morgan fingerprint density at radius 3 is 1.96 bits per heavy atom. The molecular weight excluding hydrogens is 452 g/mol. The van der Waals surface area contributed by atoms with Crippen LogP contribution in [0.4, 0.5) is 5.69 Å². The van der Waals surface area contributed by atoms with Crippen molar-refractivity contribution in [3.05, 3.63) is 41.4 Å². The van der Waals surface area contributed by atoms with Crippen LogP contribution in [0.5, 0.6) is 0 Å². The summed E-state index contributed by atoms with van der Waals surface area (Å²) in [6, 6.07) is 6.08. The topological polar surface area (TPSA) is 168 Å². The summed E-state index contributed by atoms with van der Waals surface area (Å²) in [7, 11) is -14.0. The number of nitrogens with zero attached hydrogens (tertiary/aromatic N) is 1. The fraction of sp³-hybridized carbons (Fsp3) is 0.0714. The molecule has 3 rings (SSSR count). The summed E-state index contributed by atoms with van der Waals surface area (Å²) in [5.41, 5.74) is -0.0482. The van der Waals surface area contributed by atoms with Gasteiger partial charge in [0.05, 0.1) is 35.6 Å². The van der Waals surface area contributed by atoms with Crippen LogP contribution < -0.4 is 4.72 Å². The van der Waals surface area contributed by atoms with Crippen molar-refractivity contribution in [1.82, 2.24) is 4.98 Å². The van der Waals surface area contributed by atoms with Crippen molar-refractivity contribution in [3.63, 3.8) is 0 Å². The first kappa shape index (κ1) is 20.6. The number of aryl methyl sites for hydroxylation is 1. The van der Waals surface area contributed by atoms with Gasteiger partial charge in [0.15, 0.2) is 0 Å². The highest BCUT2D eigenvalue weighted by Crippen LogP contribution is 2.27. The molecule has 0 aliphatic rings. The van der Waals surface area contributed by atoms with E-state index in [1.165, 1.54) is 23.5 Å². The predicted octanol–water partition coefficient (Wildman–Crippen LogP) is 1.90. The molecular formula is C14H12N2O8S4. The molecule has 28 heavy (non-hydrogen) atoms. The number of nitrogens with one attached hydrogen (secondary N) is 1. The number of hydrogen-bond acceptors (Lipinski definition) is 8. The van der Waals surface area contributed by atoms with Crippen LogP contribution in [0.3, 0.4) is 0 Å². The fourth-order valence-electron chi connectivity index (χ4n) is 2.33. The number of rotatable bonds is 5. The maximum absolute atomic E-state index is 12.6. The molecule has 3 aromatic rings. The number of sulfonamides is 1. The molecule has 0 radical (unpaired) electrons. The van der Waals surface area contributed by atoms with Gasteiger partial charge in [-0.2, -0.15) is 16.8 Å². The fourth-order valence-corrected chi connectivity index (χ4v) is 5.38. The van der Waals surface area contributed by atoms with Gasteiger partial charge in [-0.15, -0.1) is 11.3 Å². The first-order chi connectivity index (χ1) is 12.8. The van der Waals surface area contributed by atoms with Crippen molar-refractivity contribution >= 4 is 57.5 Å². The van der Waals surface area contributed by atoms with Gasteiger partial charge in [0.25, 0.3) is 30.3 Å². The maximum Gasteiger partial charge on any atom is 0.294 e. The van der Waals surface area contributed by atoms with E-state index < -0.39 is 45.7 Å². The van der Waals surface area contributed by atoms with Gasteiger partial charge in [0.1, 0.15) is 0 Å².